The lowest BCUT2D eigenvalue weighted by Gasteiger charge is -2.24. The summed E-state index contributed by atoms with van der Waals surface area (Å²) < 4.78 is 34.5. The average Bonchev–Trinajstić information content (AvgIpc) is 2.68. The maximum atomic E-state index is 12.5. The van der Waals surface area contributed by atoms with Gasteiger partial charge in [0.15, 0.2) is 11.5 Å². The first-order valence-electron chi connectivity index (χ1n) is 8.70. The second kappa shape index (κ2) is 8.35. The van der Waals surface area contributed by atoms with Crippen molar-refractivity contribution < 1.29 is 18.3 Å². The Labute approximate surface area is 160 Å². The van der Waals surface area contributed by atoms with Crippen LogP contribution in [0.2, 0.25) is 0 Å². The number of methoxy groups -OCH3 is 1. The molecule has 0 saturated heterocycles. The fraction of sp³-hybridized carbons (Fsp3) is 0.300. The summed E-state index contributed by atoms with van der Waals surface area (Å²) in [6, 6.07) is 11.8. The maximum Gasteiger partial charge on any atom is 0.387 e. The van der Waals surface area contributed by atoms with Gasteiger partial charge in [0.1, 0.15) is 5.82 Å². The SMILES string of the molecule is COc1cc(CN(C)[C@@H](C)c2nc3ccccc3c(=O)[nH]2)ccc1OC(F)F. The van der Waals surface area contributed by atoms with Gasteiger partial charge in [-0.1, -0.05) is 18.2 Å². The third-order valence-corrected chi connectivity index (χ3v) is 4.56. The largest absolute Gasteiger partial charge is 0.493 e. The summed E-state index contributed by atoms with van der Waals surface area (Å²) in [7, 11) is 3.28. The molecule has 0 bridgehead atoms. The topological polar surface area (TPSA) is 67.5 Å². The van der Waals surface area contributed by atoms with Crippen LogP contribution in [0, 0.1) is 0 Å². The molecule has 3 rings (SSSR count). The number of para-hydroxylation sites is 1. The molecule has 3 aromatic rings. The fourth-order valence-corrected chi connectivity index (χ4v) is 2.94. The summed E-state index contributed by atoms with van der Waals surface area (Å²) in [5.41, 5.74) is 1.30. The van der Waals surface area contributed by atoms with Crippen LogP contribution < -0.4 is 15.0 Å². The Balaban J connectivity index is 1.81. The number of nitrogens with one attached hydrogen (secondary N) is 1. The van der Waals surface area contributed by atoms with Gasteiger partial charge >= 0.3 is 6.61 Å². The van der Waals surface area contributed by atoms with E-state index in [1.165, 1.54) is 13.2 Å². The molecule has 1 heterocycles. The molecule has 1 atom stereocenters. The van der Waals surface area contributed by atoms with Crippen molar-refractivity contribution in [3.05, 3.63) is 64.2 Å². The van der Waals surface area contributed by atoms with E-state index in [1.54, 1.807) is 30.3 Å². The van der Waals surface area contributed by atoms with E-state index < -0.39 is 6.61 Å². The molecule has 0 spiro atoms. The number of benzene rings is 2. The van der Waals surface area contributed by atoms with Gasteiger partial charge in [-0.3, -0.25) is 9.69 Å². The molecule has 8 heteroatoms. The molecule has 0 amide bonds. The second-order valence-electron chi connectivity index (χ2n) is 6.42. The Hall–Kier alpha value is -3.00. The Bertz CT molecular complexity index is 1020. The Morgan fingerprint density at radius 1 is 1.18 bits per heavy atom. The molecule has 0 aliphatic carbocycles. The number of aromatic nitrogens is 2. The van der Waals surface area contributed by atoms with Gasteiger partial charge in [0.05, 0.1) is 24.1 Å². The van der Waals surface area contributed by atoms with Crippen LogP contribution in [0.15, 0.2) is 47.3 Å². The molecular weight excluding hydrogens is 368 g/mol. The molecule has 28 heavy (non-hydrogen) atoms. The van der Waals surface area contributed by atoms with Crippen LogP contribution in [-0.4, -0.2) is 35.6 Å². The summed E-state index contributed by atoms with van der Waals surface area (Å²) in [5.74, 6) is 0.768. The van der Waals surface area contributed by atoms with Gasteiger partial charge in [0, 0.05) is 6.54 Å². The quantitative estimate of drug-likeness (QED) is 0.667. The molecule has 0 unspecified atom stereocenters. The van der Waals surface area contributed by atoms with Crippen molar-refractivity contribution in [3.8, 4) is 11.5 Å². The van der Waals surface area contributed by atoms with E-state index in [2.05, 4.69) is 14.7 Å². The number of nitrogens with zero attached hydrogens (tertiary/aromatic N) is 2. The van der Waals surface area contributed by atoms with E-state index in [1.807, 2.05) is 24.9 Å². The number of ether oxygens (including phenoxy) is 2. The van der Waals surface area contributed by atoms with Crippen LogP contribution in [0.3, 0.4) is 0 Å². The molecule has 6 nitrogen and oxygen atoms in total. The summed E-state index contributed by atoms with van der Waals surface area (Å²) >= 11 is 0. The number of rotatable bonds is 7. The van der Waals surface area contributed by atoms with Gasteiger partial charge < -0.3 is 14.5 Å². The minimum absolute atomic E-state index is 0.0162. The Morgan fingerprint density at radius 3 is 2.64 bits per heavy atom. The number of aromatic amines is 1. The summed E-state index contributed by atoms with van der Waals surface area (Å²) in [5, 5.41) is 0.542. The molecule has 148 valence electrons. The molecule has 1 N–H and O–H groups in total. The number of hydrogen-bond donors (Lipinski definition) is 1. The van der Waals surface area contributed by atoms with E-state index in [0.29, 0.717) is 23.3 Å². The molecule has 0 saturated carbocycles. The predicted octanol–water partition coefficient (Wildman–Crippen LogP) is 3.73. The number of fused-ring (bicyclic) bond motifs is 1. The first kappa shape index (κ1) is 19.8. The molecule has 0 radical (unpaired) electrons. The van der Waals surface area contributed by atoms with Gasteiger partial charge in [-0.2, -0.15) is 8.78 Å². The fourth-order valence-electron chi connectivity index (χ4n) is 2.94. The van der Waals surface area contributed by atoms with E-state index in [9.17, 15) is 13.6 Å². The molecule has 1 aromatic heterocycles. The highest BCUT2D eigenvalue weighted by Crippen LogP contribution is 2.30. The molecule has 0 aliphatic rings. The third-order valence-electron chi connectivity index (χ3n) is 4.56. The highest BCUT2D eigenvalue weighted by Gasteiger charge is 2.17. The van der Waals surface area contributed by atoms with Crippen LogP contribution in [-0.2, 0) is 6.54 Å². The monoisotopic (exact) mass is 389 g/mol. The number of H-pyrrole nitrogens is 1. The first-order chi connectivity index (χ1) is 13.4. The van der Waals surface area contributed by atoms with Crippen molar-refractivity contribution in [2.45, 2.75) is 26.1 Å². The van der Waals surface area contributed by atoms with Gasteiger partial charge in [0.25, 0.3) is 5.56 Å². The molecule has 0 aliphatic heterocycles. The summed E-state index contributed by atoms with van der Waals surface area (Å²) in [6.07, 6.45) is 0. The molecule has 2 aromatic carbocycles. The standard InChI is InChI=1S/C20H21F2N3O3/c1-12(18-23-15-7-5-4-6-14(15)19(26)24-18)25(2)11-13-8-9-16(28-20(21)22)17(10-13)27-3/h4-10,12,20H,11H2,1-3H3,(H,23,24,26)/t12-/m0/s1. The van der Waals surface area contributed by atoms with Crippen molar-refractivity contribution >= 4 is 10.9 Å². The van der Waals surface area contributed by atoms with Crippen molar-refractivity contribution in [3.63, 3.8) is 0 Å². The van der Waals surface area contributed by atoms with Gasteiger partial charge in [-0.25, -0.2) is 4.98 Å². The average molecular weight is 389 g/mol. The second-order valence-corrected chi connectivity index (χ2v) is 6.42. The summed E-state index contributed by atoms with van der Waals surface area (Å²) in [6.45, 7) is -0.500. The lowest BCUT2D eigenvalue weighted by atomic mass is 10.1. The predicted molar refractivity (Wildman–Crippen MR) is 102 cm³/mol. The van der Waals surface area contributed by atoms with E-state index in [-0.39, 0.29) is 23.1 Å². The van der Waals surface area contributed by atoms with Crippen molar-refractivity contribution in [1.82, 2.24) is 14.9 Å². The number of halogens is 2. The number of alkyl halides is 2. The van der Waals surface area contributed by atoms with Crippen molar-refractivity contribution in [1.29, 1.82) is 0 Å². The third kappa shape index (κ3) is 4.28. The minimum atomic E-state index is -2.92. The summed E-state index contributed by atoms with van der Waals surface area (Å²) in [4.78, 5) is 21.7. The number of hydrogen-bond acceptors (Lipinski definition) is 5. The van der Waals surface area contributed by atoms with E-state index >= 15 is 0 Å². The molecular formula is C20H21F2N3O3. The van der Waals surface area contributed by atoms with Gasteiger partial charge in [0.2, 0.25) is 0 Å². The van der Waals surface area contributed by atoms with Crippen LogP contribution in [0.4, 0.5) is 8.78 Å². The van der Waals surface area contributed by atoms with Crippen LogP contribution >= 0.6 is 0 Å². The first-order valence-corrected chi connectivity index (χ1v) is 8.70. The zero-order valence-corrected chi connectivity index (χ0v) is 15.8. The molecule has 0 fully saturated rings. The zero-order valence-electron chi connectivity index (χ0n) is 15.8. The lowest BCUT2D eigenvalue weighted by Crippen LogP contribution is -2.26. The maximum absolute atomic E-state index is 12.5. The van der Waals surface area contributed by atoms with Crippen LogP contribution in [0.5, 0.6) is 11.5 Å². The van der Waals surface area contributed by atoms with E-state index in [4.69, 9.17) is 4.74 Å². The highest BCUT2D eigenvalue weighted by molar-refractivity contribution is 5.77. The van der Waals surface area contributed by atoms with Gasteiger partial charge in [-0.15, -0.1) is 0 Å². The van der Waals surface area contributed by atoms with Crippen molar-refractivity contribution in [2.24, 2.45) is 0 Å². The Morgan fingerprint density at radius 2 is 1.93 bits per heavy atom. The lowest BCUT2D eigenvalue weighted by molar-refractivity contribution is -0.0512. The Kier molecular flexibility index (Phi) is 5.89. The van der Waals surface area contributed by atoms with Crippen molar-refractivity contribution in [2.75, 3.05) is 14.2 Å². The van der Waals surface area contributed by atoms with Crippen LogP contribution in [0.25, 0.3) is 10.9 Å². The minimum Gasteiger partial charge on any atom is -0.493 e. The zero-order chi connectivity index (χ0) is 20.3. The van der Waals surface area contributed by atoms with Crippen LogP contribution in [0.1, 0.15) is 24.4 Å². The van der Waals surface area contributed by atoms with Gasteiger partial charge in [-0.05, 0) is 43.8 Å². The highest BCUT2D eigenvalue weighted by atomic mass is 19.3. The smallest absolute Gasteiger partial charge is 0.387 e. The van der Waals surface area contributed by atoms with E-state index in [0.717, 1.165) is 5.56 Å². The normalized spacial score (nSPS) is 12.5.